The Kier molecular flexibility index (Phi) is 5.38. The van der Waals surface area contributed by atoms with Crippen LogP contribution in [-0.2, 0) is 6.42 Å². The first-order chi connectivity index (χ1) is 14.0. The molecule has 2 aromatic carbocycles. The molecule has 152 valence electrons. The maximum Gasteiger partial charge on any atom is 0.319 e. The molecule has 2 aliphatic rings. The van der Waals surface area contributed by atoms with Crippen molar-refractivity contribution < 1.29 is 14.0 Å². The molecule has 0 radical (unpaired) electrons. The van der Waals surface area contributed by atoms with Gasteiger partial charge in [-0.3, -0.25) is 4.79 Å². The fourth-order valence-corrected chi connectivity index (χ4v) is 3.96. The van der Waals surface area contributed by atoms with Crippen molar-refractivity contribution in [2.75, 3.05) is 43.4 Å². The van der Waals surface area contributed by atoms with Crippen molar-refractivity contribution in [1.29, 1.82) is 0 Å². The van der Waals surface area contributed by atoms with Crippen LogP contribution in [0.3, 0.4) is 0 Å². The van der Waals surface area contributed by atoms with E-state index in [0.717, 1.165) is 43.7 Å². The van der Waals surface area contributed by atoms with Crippen LogP contribution in [0.25, 0.3) is 0 Å². The second-order valence-electron chi connectivity index (χ2n) is 7.76. The van der Waals surface area contributed by atoms with Crippen molar-refractivity contribution in [3.8, 4) is 0 Å². The quantitative estimate of drug-likeness (QED) is 0.835. The topological polar surface area (TPSA) is 64.7 Å². The summed E-state index contributed by atoms with van der Waals surface area (Å²) in [5, 5.41) is 5.75. The van der Waals surface area contributed by atoms with E-state index >= 15 is 0 Å². The number of carbonyl (C=O) groups is 2. The molecule has 0 saturated carbocycles. The average molecular weight is 396 g/mol. The van der Waals surface area contributed by atoms with Gasteiger partial charge in [0.1, 0.15) is 5.82 Å². The largest absolute Gasteiger partial charge is 0.371 e. The van der Waals surface area contributed by atoms with Gasteiger partial charge in [-0.2, -0.15) is 0 Å². The average Bonchev–Trinajstić information content (AvgIpc) is 3.19. The summed E-state index contributed by atoms with van der Waals surface area (Å²) in [6.45, 7) is 3.00. The van der Waals surface area contributed by atoms with E-state index in [-0.39, 0.29) is 17.8 Å². The third kappa shape index (κ3) is 4.34. The van der Waals surface area contributed by atoms with Crippen LogP contribution in [0.1, 0.15) is 22.3 Å². The molecule has 1 atom stereocenters. The first kappa shape index (κ1) is 19.2. The maximum atomic E-state index is 13.1. The molecule has 0 bridgehead atoms. The minimum absolute atomic E-state index is 0.0119. The second-order valence-corrected chi connectivity index (χ2v) is 7.76. The van der Waals surface area contributed by atoms with E-state index in [0.29, 0.717) is 23.7 Å². The molecule has 3 amide bonds. The van der Waals surface area contributed by atoms with Crippen LogP contribution in [0.15, 0.2) is 42.5 Å². The number of nitrogens with zero attached hydrogens (tertiary/aromatic N) is 2. The summed E-state index contributed by atoms with van der Waals surface area (Å²) in [6, 6.07) is 11.7. The maximum absolute atomic E-state index is 13.1. The third-order valence-corrected chi connectivity index (χ3v) is 5.69. The number of hydrogen-bond donors (Lipinski definition) is 2. The predicted octanol–water partition coefficient (Wildman–Crippen LogP) is 3.10. The lowest BCUT2D eigenvalue weighted by atomic mass is 9.99. The summed E-state index contributed by atoms with van der Waals surface area (Å²) in [7, 11) is 1.79. The van der Waals surface area contributed by atoms with Crippen molar-refractivity contribution in [2.24, 2.45) is 5.92 Å². The molecule has 1 saturated heterocycles. The summed E-state index contributed by atoms with van der Waals surface area (Å²) in [5.41, 5.74) is 3.29. The lowest BCUT2D eigenvalue weighted by Crippen LogP contribution is -2.35. The summed E-state index contributed by atoms with van der Waals surface area (Å²) in [5.74, 6) is 0.0880. The molecule has 6 nitrogen and oxygen atoms in total. The van der Waals surface area contributed by atoms with Crippen molar-refractivity contribution in [2.45, 2.75) is 12.8 Å². The number of anilines is 2. The molecule has 2 N–H and O–H groups in total. The van der Waals surface area contributed by atoms with Crippen LogP contribution in [0.4, 0.5) is 20.6 Å². The van der Waals surface area contributed by atoms with Gasteiger partial charge in [0, 0.05) is 50.2 Å². The van der Waals surface area contributed by atoms with Crippen LogP contribution in [0, 0.1) is 11.7 Å². The Labute approximate surface area is 169 Å². The minimum Gasteiger partial charge on any atom is -0.371 e. The zero-order valence-electron chi connectivity index (χ0n) is 16.5. The smallest absolute Gasteiger partial charge is 0.319 e. The molecule has 4 rings (SSSR count). The Morgan fingerprint density at radius 2 is 1.97 bits per heavy atom. The number of carbonyl (C=O) groups excluding carboxylic acids is 2. The van der Waals surface area contributed by atoms with Crippen molar-refractivity contribution in [1.82, 2.24) is 10.2 Å². The first-order valence-electron chi connectivity index (χ1n) is 9.93. The highest BCUT2D eigenvalue weighted by atomic mass is 19.1. The van der Waals surface area contributed by atoms with Crippen LogP contribution < -0.4 is 15.5 Å². The summed E-state index contributed by atoms with van der Waals surface area (Å²) in [6.07, 6.45) is 1.80. The Morgan fingerprint density at radius 1 is 1.17 bits per heavy atom. The number of fused-ring (bicyclic) bond motifs is 1. The standard InChI is InChI=1S/C22H25FN4O2/c1-26-10-9-16-2-5-18(12-20(16)21(26)28)25-22(29)24-13-15-8-11-27(14-15)19-6-3-17(23)4-7-19/h2-7,12,15H,8-11,13-14H2,1H3,(H2,24,25,29)/t15-/m1/s1. The zero-order valence-corrected chi connectivity index (χ0v) is 16.5. The molecule has 0 spiro atoms. The van der Waals surface area contributed by atoms with Crippen molar-refractivity contribution in [3.63, 3.8) is 0 Å². The minimum atomic E-state index is -0.276. The summed E-state index contributed by atoms with van der Waals surface area (Å²) < 4.78 is 13.1. The Morgan fingerprint density at radius 3 is 2.76 bits per heavy atom. The lowest BCUT2D eigenvalue weighted by Gasteiger charge is -2.25. The van der Waals surface area contributed by atoms with E-state index in [9.17, 15) is 14.0 Å². The van der Waals surface area contributed by atoms with E-state index in [2.05, 4.69) is 15.5 Å². The normalized spacial score (nSPS) is 18.6. The van der Waals surface area contributed by atoms with Gasteiger partial charge in [-0.15, -0.1) is 0 Å². The number of halogens is 1. The van der Waals surface area contributed by atoms with E-state index in [4.69, 9.17) is 0 Å². The second kappa shape index (κ2) is 8.11. The third-order valence-electron chi connectivity index (χ3n) is 5.69. The highest BCUT2D eigenvalue weighted by Gasteiger charge is 2.24. The molecule has 1 fully saturated rings. The van der Waals surface area contributed by atoms with E-state index in [1.165, 1.54) is 12.1 Å². The molecule has 0 unspecified atom stereocenters. The Bertz CT molecular complexity index is 916. The van der Waals surface area contributed by atoms with E-state index in [1.807, 2.05) is 12.1 Å². The first-order valence-corrected chi connectivity index (χ1v) is 9.93. The number of amides is 3. The fraction of sp³-hybridized carbons (Fsp3) is 0.364. The van der Waals surface area contributed by atoms with Crippen LogP contribution in [0.2, 0.25) is 0 Å². The Hall–Kier alpha value is -3.09. The molecule has 2 heterocycles. The van der Waals surface area contributed by atoms with Gasteiger partial charge in [0.15, 0.2) is 0 Å². The van der Waals surface area contributed by atoms with Gasteiger partial charge >= 0.3 is 6.03 Å². The molecule has 2 aromatic rings. The highest BCUT2D eigenvalue weighted by molar-refractivity contribution is 5.99. The molecule has 29 heavy (non-hydrogen) atoms. The van der Waals surface area contributed by atoms with Gasteiger partial charge in [0.25, 0.3) is 5.91 Å². The number of likely N-dealkylation sites (N-methyl/N-ethyl adjacent to an activating group) is 1. The van der Waals surface area contributed by atoms with Crippen LogP contribution >= 0.6 is 0 Å². The fourth-order valence-electron chi connectivity index (χ4n) is 3.96. The van der Waals surface area contributed by atoms with Gasteiger partial charge in [0.05, 0.1) is 0 Å². The highest BCUT2D eigenvalue weighted by Crippen LogP contribution is 2.24. The number of nitrogens with one attached hydrogen (secondary N) is 2. The molecule has 2 aliphatic heterocycles. The van der Waals surface area contributed by atoms with E-state index in [1.54, 1.807) is 30.1 Å². The van der Waals surface area contributed by atoms with Crippen LogP contribution in [0.5, 0.6) is 0 Å². The lowest BCUT2D eigenvalue weighted by molar-refractivity contribution is 0.0781. The molecular weight excluding hydrogens is 371 g/mol. The monoisotopic (exact) mass is 396 g/mol. The van der Waals surface area contributed by atoms with Gasteiger partial charge in [0.2, 0.25) is 0 Å². The number of hydrogen-bond acceptors (Lipinski definition) is 3. The van der Waals surface area contributed by atoms with Gasteiger partial charge in [-0.25, -0.2) is 9.18 Å². The van der Waals surface area contributed by atoms with Gasteiger partial charge < -0.3 is 20.4 Å². The Balaban J connectivity index is 1.29. The number of urea groups is 1. The number of rotatable bonds is 4. The summed E-state index contributed by atoms with van der Waals surface area (Å²) >= 11 is 0. The van der Waals surface area contributed by atoms with Crippen molar-refractivity contribution >= 4 is 23.3 Å². The molecular formula is C22H25FN4O2. The molecule has 0 aliphatic carbocycles. The van der Waals surface area contributed by atoms with Crippen LogP contribution in [-0.4, -0.2) is 50.1 Å². The van der Waals surface area contributed by atoms with Crippen molar-refractivity contribution in [3.05, 3.63) is 59.4 Å². The van der Waals surface area contributed by atoms with Gasteiger partial charge in [-0.1, -0.05) is 6.07 Å². The SMILES string of the molecule is CN1CCc2ccc(NC(=O)NC[C@H]3CCN(c4ccc(F)cc4)C3)cc2C1=O. The zero-order chi connectivity index (χ0) is 20.4. The predicted molar refractivity (Wildman–Crippen MR) is 111 cm³/mol. The summed E-state index contributed by atoms with van der Waals surface area (Å²) in [4.78, 5) is 28.5. The number of benzene rings is 2. The molecule has 0 aromatic heterocycles. The van der Waals surface area contributed by atoms with Gasteiger partial charge in [-0.05, 0) is 60.7 Å². The van der Waals surface area contributed by atoms with E-state index < -0.39 is 0 Å². The molecule has 7 heteroatoms.